The van der Waals surface area contributed by atoms with Gasteiger partial charge < -0.3 is 4.74 Å². The number of fused-ring (bicyclic) bond motifs is 1. The molecule has 1 aromatic carbocycles. The number of benzene rings is 1. The molecule has 1 heterocycles. The Hall–Kier alpha value is -2.41. The number of carbonyl (C=O) groups is 2. The Morgan fingerprint density at radius 3 is 2.69 bits per heavy atom. The van der Waals surface area contributed by atoms with Crippen molar-refractivity contribution >= 4 is 23.2 Å². The summed E-state index contributed by atoms with van der Waals surface area (Å²) in [5, 5.41) is 0. The molecule has 1 aromatic heterocycles. The molecule has 3 rings (SSSR count). The predicted octanol–water partition coefficient (Wildman–Crippen LogP) is 3.39. The number of ether oxygens (including phenoxy) is 1. The van der Waals surface area contributed by atoms with Gasteiger partial charge in [-0.3, -0.25) is 20.4 Å². The average molecular weight is 376 g/mol. The largest absolute Gasteiger partial charge is 0.484 e. The summed E-state index contributed by atoms with van der Waals surface area (Å²) in [5.74, 6) is -1.03. The molecule has 0 aliphatic heterocycles. The molecule has 1 aliphatic carbocycles. The van der Waals surface area contributed by atoms with Crippen LogP contribution in [0.3, 0.4) is 0 Å². The number of halogens is 1. The molecule has 26 heavy (non-hydrogen) atoms. The number of aryl methyl sites for hydroxylation is 2. The van der Waals surface area contributed by atoms with Gasteiger partial charge in [-0.2, -0.15) is 0 Å². The quantitative estimate of drug-likeness (QED) is 0.804. The van der Waals surface area contributed by atoms with Gasteiger partial charge in [-0.1, -0.05) is 18.9 Å². The SMILES string of the molecule is O=C(COc1cccc(F)c1)NNC(=O)c1cc2c(s1)CCCCCC2. The van der Waals surface area contributed by atoms with Gasteiger partial charge in [0.2, 0.25) is 0 Å². The lowest BCUT2D eigenvalue weighted by Gasteiger charge is -2.08. The van der Waals surface area contributed by atoms with E-state index in [0.29, 0.717) is 4.88 Å². The first-order valence-electron chi connectivity index (χ1n) is 8.71. The van der Waals surface area contributed by atoms with Crippen molar-refractivity contribution in [1.82, 2.24) is 10.9 Å². The zero-order valence-electron chi connectivity index (χ0n) is 14.3. The Morgan fingerprint density at radius 1 is 1.08 bits per heavy atom. The number of carbonyl (C=O) groups excluding carboxylic acids is 2. The molecule has 5 nitrogen and oxygen atoms in total. The van der Waals surface area contributed by atoms with E-state index in [1.807, 2.05) is 6.07 Å². The van der Waals surface area contributed by atoms with Crippen molar-refractivity contribution in [2.75, 3.05) is 6.61 Å². The summed E-state index contributed by atoms with van der Waals surface area (Å²) in [4.78, 5) is 25.9. The lowest BCUT2D eigenvalue weighted by atomic mass is 10.00. The summed E-state index contributed by atoms with van der Waals surface area (Å²) >= 11 is 1.49. The maximum atomic E-state index is 13.0. The van der Waals surface area contributed by atoms with Crippen LogP contribution < -0.4 is 15.6 Å². The average Bonchev–Trinajstić information content (AvgIpc) is 3.00. The van der Waals surface area contributed by atoms with Crippen molar-refractivity contribution in [1.29, 1.82) is 0 Å². The molecule has 138 valence electrons. The lowest BCUT2D eigenvalue weighted by molar-refractivity contribution is -0.123. The van der Waals surface area contributed by atoms with E-state index in [4.69, 9.17) is 4.74 Å². The van der Waals surface area contributed by atoms with Crippen molar-refractivity contribution in [3.8, 4) is 5.75 Å². The normalized spacial score (nSPS) is 13.9. The molecule has 2 amide bonds. The summed E-state index contributed by atoms with van der Waals surface area (Å²) in [6.45, 7) is -0.315. The van der Waals surface area contributed by atoms with E-state index in [2.05, 4.69) is 10.9 Å². The monoisotopic (exact) mass is 376 g/mol. The highest BCUT2D eigenvalue weighted by atomic mass is 32.1. The van der Waals surface area contributed by atoms with Gasteiger partial charge in [0.1, 0.15) is 11.6 Å². The second kappa shape index (κ2) is 8.80. The van der Waals surface area contributed by atoms with Crippen LogP contribution in [0.1, 0.15) is 45.8 Å². The molecule has 0 spiro atoms. The van der Waals surface area contributed by atoms with E-state index in [0.717, 1.165) is 25.7 Å². The molecular formula is C19H21FN2O3S. The van der Waals surface area contributed by atoms with Crippen LogP contribution in [0.25, 0.3) is 0 Å². The number of hydrogen-bond donors (Lipinski definition) is 2. The Labute approximate surface area is 155 Å². The highest BCUT2D eigenvalue weighted by molar-refractivity contribution is 7.14. The van der Waals surface area contributed by atoms with E-state index in [1.165, 1.54) is 52.8 Å². The van der Waals surface area contributed by atoms with Crippen LogP contribution in [-0.4, -0.2) is 18.4 Å². The number of nitrogens with one attached hydrogen (secondary N) is 2. The smallest absolute Gasteiger partial charge is 0.279 e. The number of hydrogen-bond acceptors (Lipinski definition) is 4. The summed E-state index contributed by atoms with van der Waals surface area (Å²) in [7, 11) is 0. The molecule has 0 saturated carbocycles. The third-order valence-electron chi connectivity index (χ3n) is 4.20. The molecule has 0 radical (unpaired) electrons. The van der Waals surface area contributed by atoms with Crippen molar-refractivity contribution in [2.24, 2.45) is 0 Å². The Bertz CT molecular complexity index is 765. The van der Waals surface area contributed by atoms with Gasteiger partial charge in [-0.05, 0) is 49.4 Å². The number of rotatable bonds is 4. The highest BCUT2D eigenvalue weighted by Gasteiger charge is 2.16. The van der Waals surface area contributed by atoms with Crippen molar-refractivity contribution < 1.29 is 18.7 Å². The summed E-state index contributed by atoms with van der Waals surface area (Å²) in [6, 6.07) is 7.45. The van der Waals surface area contributed by atoms with Crippen LogP contribution in [0.4, 0.5) is 4.39 Å². The van der Waals surface area contributed by atoms with Crippen LogP contribution in [0.2, 0.25) is 0 Å². The summed E-state index contributed by atoms with van der Waals surface area (Å²) in [5.41, 5.74) is 5.98. The van der Waals surface area contributed by atoms with E-state index in [9.17, 15) is 14.0 Å². The van der Waals surface area contributed by atoms with Crippen molar-refractivity contribution in [3.05, 3.63) is 51.5 Å². The fourth-order valence-electron chi connectivity index (χ4n) is 2.89. The van der Waals surface area contributed by atoms with Crippen molar-refractivity contribution in [3.63, 3.8) is 0 Å². The van der Waals surface area contributed by atoms with Crippen LogP contribution in [0, 0.1) is 5.82 Å². The topological polar surface area (TPSA) is 67.4 Å². The maximum Gasteiger partial charge on any atom is 0.279 e. The number of amides is 2. The lowest BCUT2D eigenvalue weighted by Crippen LogP contribution is -2.43. The second-order valence-electron chi connectivity index (χ2n) is 6.22. The molecule has 2 N–H and O–H groups in total. The minimum absolute atomic E-state index is 0.254. The van der Waals surface area contributed by atoms with Gasteiger partial charge in [0.25, 0.3) is 11.8 Å². The third-order valence-corrected chi connectivity index (χ3v) is 5.44. The number of hydrazine groups is 1. The first-order valence-corrected chi connectivity index (χ1v) is 9.52. The number of thiophene rings is 1. The molecule has 1 aliphatic rings. The van der Waals surface area contributed by atoms with Crippen LogP contribution >= 0.6 is 11.3 Å². The molecule has 0 saturated heterocycles. The maximum absolute atomic E-state index is 13.0. The van der Waals surface area contributed by atoms with Crippen LogP contribution in [-0.2, 0) is 17.6 Å². The minimum Gasteiger partial charge on any atom is -0.484 e. The molecule has 2 aromatic rings. The fraction of sp³-hybridized carbons (Fsp3) is 0.368. The fourth-order valence-corrected chi connectivity index (χ4v) is 4.03. The molecule has 7 heteroatoms. The van der Waals surface area contributed by atoms with Crippen molar-refractivity contribution in [2.45, 2.75) is 38.5 Å². The summed E-state index contributed by atoms with van der Waals surface area (Å²) < 4.78 is 18.2. The molecular weight excluding hydrogens is 355 g/mol. The minimum atomic E-state index is -0.516. The van der Waals surface area contributed by atoms with E-state index in [1.54, 1.807) is 6.07 Å². The predicted molar refractivity (Wildman–Crippen MR) is 97.7 cm³/mol. The zero-order chi connectivity index (χ0) is 18.4. The Kier molecular flexibility index (Phi) is 6.22. The van der Waals surface area contributed by atoms with Gasteiger partial charge in [0, 0.05) is 10.9 Å². The standard InChI is InChI=1S/C19H21FN2O3S/c20-14-7-5-8-15(11-14)25-12-18(23)21-22-19(24)17-10-13-6-3-1-2-4-9-16(13)26-17/h5,7-8,10-11H,1-4,6,9,12H2,(H,21,23)(H,22,24). The highest BCUT2D eigenvalue weighted by Crippen LogP contribution is 2.28. The third kappa shape index (κ3) is 5.05. The Morgan fingerprint density at radius 2 is 1.88 bits per heavy atom. The Balaban J connectivity index is 1.49. The first-order chi connectivity index (χ1) is 12.6. The zero-order valence-corrected chi connectivity index (χ0v) is 15.2. The first kappa shape index (κ1) is 18.4. The van der Waals surface area contributed by atoms with E-state index < -0.39 is 11.7 Å². The van der Waals surface area contributed by atoms with Crippen LogP contribution in [0.15, 0.2) is 30.3 Å². The van der Waals surface area contributed by atoms with Gasteiger partial charge in [0.05, 0.1) is 4.88 Å². The molecule has 0 atom stereocenters. The van der Waals surface area contributed by atoms with Gasteiger partial charge >= 0.3 is 0 Å². The van der Waals surface area contributed by atoms with Gasteiger partial charge in [0.15, 0.2) is 6.61 Å². The van der Waals surface area contributed by atoms with Crippen LogP contribution in [0.5, 0.6) is 5.75 Å². The van der Waals surface area contributed by atoms with E-state index in [-0.39, 0.29) is 18.3 Å². The second-order valence-corrected chi connectivity index (χ2v) is 7.36. The van der Waals surface area contributed by atoms with E-state index >= 15 is 0 Å². The molecule has 0 bridgehead atoms. The summed E-state index contributed by atoms with van der Waals surface area (Å²) in [6.07, 6.45) is 6.80. The molecule has 0 fully saturated rings. The molecule has 0 unspecified atom stereocenters. The van der Waals surface area contributed by atoms with Gasteiger partial charge in [-0.25, -0.2) is 4.39 Å². The van der Waals surface area contributed by atoms with Gasteiger partial charge in [-0.15, -0.1) is 11.3 Å².